The molecule has 1 aromatic heterocycles. The summed E-state index contributed by atoms with van der Waals surface area (Å²) in [6.07, 6.45) is 7.69. The molecule has 3 N–H and O–H groups in total. The monoisotopic (exact) mass is 601 g/mol. The molecule has 5 nitrogen and oxygen atoms in total. The lowest BCUT2D eigenvalue weighted by Gasteiger charge is -2.24. The first-order valence-corrected chi connectivity index (χ1v) is 15.6. The number of carboxylic acid groups (broad SMARTS) is 1. The molecule has 0 radical (unpaired) electrons. The number of aryl methyl sites for hydroxylation is 1. The number of aromatic hydroxyl groups is 1. The Morgan fingerprint density at radius 1 is 1.07 bits per heavy atom. The Kier molecular flexibility index (Phi) is 8.97. The highest BCUT2D eigenvalue weighted by atomic mass is 35.5. The summed E-state index contributed by atoms with van der Waals surface area (Å²) in [6.45, 7) is 3.46. The van der Waals surface area contributed by atoms with E-state index in [2.05, 4.69) is 30.3 Å². The third kappa shape index (κ3) is 7.74. The summed E-state index contributed by atoms with van der Waals surface area (Å²) in [4.78, 5) is 16.2. The second-order valence-corrected chi connectivity index (χ2v) is 13.5. The predicted molar refractivity (Wildman–Crippen MR) is 173 cm³/mol. The topological polar surface area (TPSA) is 90.7 Å². The van der Waals surface area contributed by atoms with Crippen molar-refractivity contribution >= 4 is 52.4 Å². The van der Waals surface area contributed by atoms with Gasteiger partial charge in [-0.15, -0.1) is 0 Å². The standard InChI is InChI=1S/C35H36ClNO4S/c1-34(2,41)30-20-29(38)14-9-24(30)10-15-32(42-22-35(16-17-35)21-33(39)40)26-5-3-4-23(18-26)6-12-28-13-8-25-7-11-27(36)19-31(25)37-28/h3-9,11-14,18-20,32,38,41H,10,15-17,21-22H2,1-2H3,(H,39,40)/b12-6+/t32-/m1/s1. The van der Waals surface area contributed by atoms with Crippen molar-refractivity contribution in [1.29, 1.82) is 0 Å². The third-order valence-electron chi connectivity index (χ3n) is 7.91. The van der Waals surface area contributed by atoms with Crippen molar-refractivity contribution in [1.82, 2.24) is 4.98 Å². The summed E-state index contributed by atoms with van der Waals surface area (Å²) >= 11 is 7.99. The van der Waals surface area contributed by atoms with Crippen molar-refractivity contribution in [2.75, 3.05) is 5.75 Å². The molecule has 0 aliphatic heterocycles. The van der Waals surface area contributed by atoms with Crippen LogP contribution < -0.4 is 0 Å². The predicted octanol–water partition coefficient (Wildman–Crippen LogP) is 8.65. The average molecular weight is 602 g/mol. The lowest BCUT2D eigenvalue weighted by molar-refractivity contribution is -0.138. The number of phenolic OH excluding ortho intramolecular Hbond substituents is 1. The zero-order valence-corrected chi connectivity index (χ0v) is 25.5. The molecule has 3 aromatic carbocycles. The van der Waals surface area contributed by atoms with E-state index in [1.165, 1.54) is 5.56 Å². The molecule has 4 aromatic rings. The maximum Gasteiger partial charge on any atom is 0.303 e. The van der Waals surface area contributed by atoms with Gasteiger partial charge in [0.2, 0.25) is 0 Å². The number of hydrogen-bond acceptors (Lipinski definition) is 5. The number of nitrogens with zero attached hydrogens (tertiary/aromatic N) is 1. The SMILES string of the molecule is CC(C)(O)c1cc(O)ccc1CC[C@@H](SCC1(CC(=O)O)CC1)c1cccc(/C=C/c2ccc3ccc(Cl)cc3n2)c1. The molecular formula is C35H36ClNO4S. The zero-order valence-electron chi connectivity index (χ0n) is 23.9. The Bertz CT molecular complexity index is 1620. The van der Waals surface area contributed by atoms with E-state index in [1.807, 2.05) is 54.2 Å². The van der Waals surface area contributed by atoms with Gasteiger partial charge in [-0.3, -0.25) is 4.79 Å². The van der Waals surface area contributed by atoms with Crippen LogP contribution in [0.1, 0.15) is 72.7 Å². The minimum atomic E-state index is -1.08. The Morgan fingerprint density at radius 3 is 2.60 bits per heavy atom. The maximum atomic E-state index is 11.5. The number of halogens is 1. The van der Waals surface area contributed by atoms with Crippen molar-refractivity contribution in [3.05, 3.63) is 106 Å². The van der Waals surface area contributed by atoms with Crippen LogP contribution in [-0.4, -0.2) is 32.0 Å². The number of carboxylic acids is 1. The number of fused-ring (bicyclic) bond motifs is 1. The van der Waals surface area contributed by atoms with Gasteiger partial charge < -0.3 is 15.3 Å². The number of phenols is 1. The first-order valence-electron chi connectivity index (χ1n) is 14.2. The molecule has 1 atom stereocenters. The van der Waals surface area contributed by atoms with E-state index in [0.717, 1.165) is 58.3 Å². The quantitative estimate of drug-likeness (QED) is 0.150. The smallest absolute Gasteiger partial charge is 0.303 e. The fraction of sp³-hybridized carbons (Fsp3) is 0.314. The van der Waals surface area contributed by atoms with E-state index in [9.17, 15) is 20.1 Å². The maximum absolute atomic E-state index is 11.5. The minimum absolute atomic E-state index is 0.117. The van der Waals surface area contributed by atoms with Crippen LogP contribution in [0.4, 0.5) is 0 Å². The summed E-state index contributed by atoms with van der Waals surface area (Å²) in [5, 5.41) is 32.1. The van der Waals surface area contributed by atoms with Gasteiger partial charge in [-0.1, -0.05) is 60.1 Å². The van der Waals surface area contributed by atoms with Crippen LogP contribution in [0.5, 0.6) is 5.75 Å². The first kappa shape index (κ1) is 30.1. The molecule has 0 unspecified atom stereocenters. The van der Waals surface area contributed by atoms with Gasteiger partial charge in [0.1, 0.15) is 5.75 Å². The summed E-state index contributed by atoms with van der Waals surface area (Å²) < 4.78 is 0. The van der Waals surface area contributed by atoms with Crippen molar-refractivity contribution in [3.63, 3.8) is 0 Å². The highest BCUT2D eigenvalue weighted by molar-refractivity contribution is 7.99. The van der Waals surface area contributed by atoms with E-state index < -0.39 is 11.6 Å². The molecule has 0 saturated heterocycles. The van der Waals surface area contributed by atoms with Gasteiger partial charge in [0, 0.05) is 21.4 Å². The molecule has 218 valence electrons. The van der Waals surface area contributed by atoms with Gasteiger partial charge in [0.05, 0.1) is 23.2 Å². The average Bonchev–Trinajstić information content (AvgIpc) is 3.70. The van der Waals surface area contributed by atoms with E-state index in [-0.39, 0.29) is 22.8 Å². The van der Waals surface area contributed by atoms with E-state index in [4.69, 9.17) is 16.6 Å². The molecule has 5 rings (SSSR count). The number of aliphatic carboxylic acids is 1. The summed E-state index contributed by atoms with van der Waals surface area (Å²) in [6, 6.07) is 23.4. The summed E-state index contributed by atoms with van der Waals surface area (Å²) in [7, 11) is 0. The number of rotatable bonds is 12. The highest BCUT2D eigenvalue weighted by Gasteiger charge is 2.44. The van der Waals surface area contributed by atoms with Crippen molar-refractivity contribution in [3.8, 4) is 5.75 Å². The van der Waals surface area contributed by atoms with Gasteiger partial charge in [0.15, 0.2) is 0 Å². The van der Waals surface area contributed by atoms with Gasteiger partial charge in [-0.05, 0) is 104 Å². The van der Waals surface area contributed by atoms with Crippen molar-refractivity contribution < 1.29 is 20.1 Å². The van der Waals surface area contributed by atoms with E-state index in [0.29, 0.717) is 11.4 Å². The van der Waals surface area contributed by atoms with Crippen LogP contribution >= 0.6 is 23.4 Å². The molecule has 1 saturated carbocycles. The highest BCUT2D eigenvalue weighted by Crippen LogP contribution is 2.53. The molecule has 0 bridgehead atoms. The number of benzene rings is 3. The Hall–Kier alpha value is -3.32. The Balaban J connectivity index is 1.38. The summed E-state index contributed by atoms with van der Waals surface area (Å²) in [5.41, 5.74) is 4.45. The number of carbonyl (C=O) groups is 1. The fourth-order valence-electron chi connectivity index (χ4n) is 5.38. The third-order valence-corrected chi connectivity index (χ3v) is 9.83. The normalized spacial score (nSPS) is 15.2. The van der Waals surface area contributed by atoms with Gasteiger partial charge >= 0.3 is 5.97 Å². The summed E-state index contributed by atoms with van der Waals surface area (Å²) in [5.74, 6) is 0.191. The van der Waals surface area contributed by atoms with Gasteiger partial charge in [-0.2, -0.15) is 11.8 Å². The molecule has 0 spiro atoms. The van der Waals surface area contributed by atoms with Gasteiger partial charge in [0.25, 0.3) is 0 Å². The number of aliphatic hydroxyl groups is 1. The number of aromatic nitrogens is 1. The Morgan fingerprint density at radius 2 is 1.86 bits per heavy atom. The van der Waals surface area contributed by atoms with Crippen LogP contribution in [0, 0.1) is 5.41 Å². The molecule has 1 aliphatic rings. The number of thioether (sulfide) groups is 1. The zero-order chi connectivity index (χ0) is 29.9. The van der Waals surface area contributed by atoms with Crippen LogP contribution in [0.25, 0.3) is 23.1 Å². The molecule has 1 heterocycles. The van der Waals surface area contributed by atoms with Crippen LogP contribution in [0.2, 0.25) is 5.02 Å². The molecule has 42 heavy (non-hydrogen) atoms. The Labute approximate surface area is 256 Å². The molecular weight excluding hydrogens is 566 g/mol. The van der Waals surface area contributed by atoms with Gasteiger partial charge in [-0.25, -0.2) is 4.98 Å². The van der Waals surface area contributed by atoms with Crippen LogP contribution in [0.15, 0.2) is 72.8 Å². The lowest BCUT2D eigenvalue weighted by Crippen LogP contribution is -2.18. The molecule has 1 fully saturated rings. The second kappa shape index (κ2) is 12.5. The van der Waals surface area contributed by atoms with Crippen molar-refractivity contribution in [2.45, 2.75) is 56.8 Å². The van der Waals surface area contributed by atoms with E-state index >= 15 is 0 Å². The minimum Gasteiger partial charge on any atom is -0.508 e. The largest absolute Gasteiger partial charge is 0.508 e. The first-order chi connectivity index (χ1) is 20.0. The van der Waals surface area contributed by atoms with Crippen LogP contribution in [-0.2, 0) is 16.8 Å². The second-order valence-electron chi connectivity index (χ2n) is 11.9. The molecule has 7 heteroatoms. The fourth-order valence-corrected chi connectivity index (χ4v) is 7.11. The molecule has 1 aliphatic carbocycles. The molecule has 0 amide bonds. The van der Waals surface area contributed by atoms with Crippen molar-refractivity contribution in [2.24, 2.45) is 5.41 Å². The number of hydrogen-bond donors (Lipinski definition) is 3. The number of pyridine rings is 1. The van der Waals surface area contributed by atoms with E-state index in [1.54, 1.807) is 26.0 Å². The lowest BCUT2D eigenvalue weighted by atomic mass is 9.90. The van der Waals surface area contributed by atoms with Crippen LogP contribution in [0.3, 0.4) is 0 Å².